The molecular formula is C22H16BrClN4O3. The summed E-state index contributed by atoms with van der Waals surface area (Å²) >= 11 is 9.65. The normalized spacial score (nSPS) is 24.1. The first-order chi connectivity index (χ1) is 14.8. The molecule has 3 saturated heterocycles. The monoisotopic (exact) mass is 498 g/mol. The molecule has 7 nitrogen and oxygen atoms in total. The van der Waals surface area contributed by atoms with Gasteiger partial charge in [0.15, 0.2) is 0 Å². The second-order valence-corrected chi connectivity index (χ2v) is 9.21. The predicted molar refractivity (Wildman–Crippen MR) is 117 cm³/mol. The second-order valence-electron chi connectivity index (χ2n) is 7.92. The van der Waals surface area contributed by atoms with Crippen LogP contribution in [0.25, 0.3) is 0 Å². The summed E-state index contributed by atoms with van der Waals surface area (Å²) in [4.78, 5) is 44.1. The molecule has 3 heterocycles. The first kappa shape index (κ1) is 20.0. The number of amides is 4. The van der Waals surface area contributed by atoms with Gasteiger partial charge in [0.25, 0.3) is 11.8 Å². The number of piperazine rings is 1. The molecule has 0 radical (unpaired) electrons. The molecule has 3 unspecified atom stereocenters. The first-order valence-electron chi connectivity index (χ1n) is 9.75. The van der Waals surface area contributed by atoms with Crippen LogP contribution in [0.3, 0.4) is 0 Å². The topological polar surface area (TPSA) is 84.7 Å². The first-order valence-corrected chi connectivity index (χ1v) is 10.9. The van der Waals surface area contributed by atoms with Gasteiger partial charge in [0.05, 0.1) is 28.4 Å². The van der Waals surface area contributed by atoms with Crippen LogP contribution in [0.15, 0.2) is 40.9 Å². The van der Waals surface area contributed by atoms with Crippen molar-refractivity contribution in [2.75, 3.05) is 11.4 Å². The smallest absolute Gasteiger partial charge is 0.331 e. The highest BCUT2D eigenvalue weighted by Gasteiger charge is 2.63. The Morgan fingerprint density at radius 3 is 2.74 bits per heavy atom. The molecule has 3 atom stereocenters. The predicted octanol–water partition coefficient (Wildman–Crippen LogP) is 3.72. The van der Waals surface area contributed by atoms with E-state index < -0.39 is 12.1 Å². The van der Waals surface area contributed by atoms with E-state index in [0.29, 0.717) is 29.8 Å². The van der Waals surface area contributed by atoms with E-state index in [4.69, 9.17) is 11.6 Å². The Bertz CT molecular complexity index is 1210. The van der Waals surface area contributed by atoms with Crippen molar-refractivity contribution in [3.63, 3.8) is 0 Å². The van der Waals surface area contributed by atoms with Gasteiger partial charge in [-0.15, -0.1) is 0 Å². The zero-order valence-electron chi connectivity index (χ0n) is 16.4. The lowest BCUT2D eigenvalue weighted by atomic mass is 10.1. The van der Waals surface area contributed by atoms with Crippen LogP contribution in [0.2, 0.25) is 5.02 Å². The quantitative estimate of drug-likeness (QED) is 0.590. The zero-order valence-corrected chi connectivity index (χ0v) is 18.7. The van der Waals surface area contributed by atoms with Crippen molar-refractivity contribution < 1.29 is 14.4 Å². The van der Waals surface area contributed by atoms with E-state index in [-0.39, 0.29) is 34.5 Å². The molecule has 0 saturated carbocycles. The molecule has 2 aromatic carbocycles. The number of likely N-dealkylation sites (tertiary alicyclic amines) is 1. The molecule has 5 rings (SSSR count). The lowest BCUT2D eigenvalue weighted by Gasteiger charge is -2.35. The fraction of sp³-hybridized carbons (Fsp3) is 0.273. The average Bonchev–Trinajstić information content (AvgIpc) is 3.41. The Hall–Kier alpha value is -2.89. The Kier molecular flexibility index (Phi) is 4.57. The molecule has 3 fully saturated rings. The van der Waals surface area contributed by atoms with Crippen LogP contribution in [0.5, 0.6) is 0 Å². The van der Waals surface area contributed by atoms with Crippen LogP contribution < -0.4 is 4.90 Å². The highest BCUT2D eigenvalue weighted by Crippen LogP contribution is 2.44. The number of nitriles is 1. The van der Waals surface area contributed by atoms with Gasteiger partial charge in [0, 0.05) is 16.6 Å². The summed E-state index contributed by atoms with van der Waals surface area (Å²) in [5.74, 6) is -0.516. The number of hydrogen-bond acceptors (Lipinski definition) is 4. The Morgan fingerprint density at radius 1 is 1.26 bits per heavy atom. The van der Waals surface area contributed by atoms with Gasteiger partial charge in [-0.1, -0.05) is 33.6 Å². The number of anilines is 1. The number of rotatable bonds is 2. The lowest BCUT2D eigenvalue weighted by molar-refractivity contribution is -0.121. The maximum atomic E-state index is 13.4. The molecule has 3 aliphatic heterocycles. The number of imide groups is 1. The fourth-order valence-corrected chi connectivity index (χ4v) is 5.50. The Balaban J connectivity index is 1.47. The van der Waals surface area contributed by atoms with Gasteiger partial charge in [-0.25, -0.2) is 9.69 Å². The second kappa shape index (κ2) is 7.08. The third-order valence-electron chi connectivity index (χ3n) is 6.32. The number of halogens is 2. The number of hydrogen-bond donors (Lipinski definition) is 0. The van der Waals surface area contributed by atoms with Crippen molar-refractivity contribution in [3.05, 3.63) is 62.6 Å². The zero-order chi connectivity index (χ0) is 22.0. The van der Waals surface area contributed by atoms with E-state index in [1.807, 2.05) is 12.1 Å². The molecule has 4 amide bonds. The summed E-state index contributed by atoms with van der Waals surface area (Å²) in [5, 5.41) is 9.40. The number of nitrogens with zero attached hydrogens (tertiary/aromatic N) is 4. The minimum Gasteiger partial charge on any atom is -0.331 e. The lowest BCUT2D eigenvalue weighted by Crippen LogP contribution is -2.54. The van der Waals surface area contributed by atoms with Crippen molar-refractivity contribution >= 4 is 51.1 Å². The summed E-state index contributed by atoms with van der Waals surface area (Å²) in [6.45, 7) is 2.08. The van der Waals surface area contributed by atoms with Crippen LogP contribution in [0, 0.1) is 18.3 Å². The van der Waals surface area contributed by atoms with Gasteiger partial charge >= 0.3 is 6.03 Å². The molecule has 9 heteroatoms. The van der Waals surface area contributed by atoms with Gasteiger partial charge in [-0.3, -0.25) is 9.59 Å². The minimum atomic E-state index is -0.712. The summed E-state index contributed by atoms with van der Waals surface area (Å²) in [5.41, 5.74) is 1.70. The largest absolute Gasteiger partial charge is 0.332 e. The van der Waals surface area contributed by atoms with E-state index in [9.17, 15) is 19.6 Å². The SMILES string of the molecule is Cc1c(N2C(=O)C3C4CC(CN4C(=O)c4cccc(Br)c4)N3C2=O)ccc(C#N)c1Cl. The van der Waals surface area contributed by atoms with Gasteiger partial charge < -0.3 is 9.80 Å². The number of carbonyl (C=O) groups is 3. The molecule has 3 aliphatic rings. The third-order valence-corrected chi connectivity index (χ3v) is 7.30. The number of fused-ring (bicyclic) bond motifs is 5. The summed E-state index contributed by atoms with van der Waals surface area (Å²) in [7, 11) is 0. The van der Waals surface area contributed by atoms with E-state index >= 15 is 0 Å². The van der Waals surface area contributed by atoms with Crippen LogP contribution in [0.4, 0.5) is 10.5 Å². The van der Waals surface area contributed by atoms with Crippen LogP contribution in [-0.4, -0.2) is 52.3 Å². The highest BCUT2D eigenvalue weighted by atomic mass is 79.9. The number of benzene rings is 2. The molecule has 2 aromatic rings. The van der Waals surface area contributed by atoms with Gasteiger partial charge in [-0.05, 0) is 49.2 Å². The van der Waals surface area contributed by atoms with E-state index in [1.54, 1.807) is 41.0 Å². The fourth-order valence-electron chi connectivity index (χ4n) is 4.90. The Labute approximate surface area is 191 Å². The third kappa shape index (κ3) is 2.80. The Morgan fingerprint density at radius 2 is 2.03 bits per heavy atom. The van der Waals surface area contributed by atoms with Gasteiger partial charge in [0.2, 0.25) is 0 Å². The average molecular weight is 500 g/mol. The molecule has 0 spiro atoms. The van der Waals surface area contributed by atoms with Gasteiger partial charge in [-0.2, -0.15) is 5.26 Å². The summed E-state index contributed by atoms with van der Waals surface area (Å²) in [6.07, 6.45) is 0.586. The standard InChI is InChI=1S/C22H16BrClN4O3/c1-11-16(6-5-13(9-25)18(11)24)28-21(30)19-17-8-15(27(19)22(28)31)10-26(17)20(29)12-3-2-4-14(23)7-12/h2-7,15,17,19H,8,10H2,1H3. The van der Waals surface area contributed by atoms with E-state index in [2.05, 4.69) is 15.9 Å². The van der Waals surface area contributed by atoms with Crippen molar-refractivity contribution in [2.45, 2.75) is 31.5 Å². The van der Waals surface area contributed by atoms with Crippen LogP contribution in [0.1, 0.15) is 27.9 Å². The maximum absolute atomic E-state index is 13.4. The number of carbonyl (C=O) groups excluding carboxylic acids is 3. The van der Waals surface area contributed by atoms with Crippen molar-refractivity contribution in [1.82, 2.24) is 9.80 Å². The summed E-state index contributed by atoms with van der Waals surface area (Å²) < 4.78 is 0.802. The van der Waals surface area contributed by atoms with E-state index in [1.165, 1.54) is 6.07 Å². The van der Waals surface area contributed by atoms with Crippen LogP contribution >= 0.6 is 27.5 Å². The maximum Gasteiger partial charge on any atom is 0.332 e. The molecule has 0 aromatic heterocycles. The van der Waals surface area contributed by atoms with Crippen molar-refractivity contribution in [3.8, 4) is 6.07 Å². The van der Waals surface area contributed by atoms with E-state index in [0.717, 1.165) is 9.37 Å². The highest BCUT2D eigenvalue weighted by molar-refractivity contribution is 9.10. The number of urea groups is 1. The summed E-state index contributed by atoms with van der Waals surface area (Å²) in [6, 6.07) is 10.5. The van der Waals surface area contributed by atoms with Gasteiger partial charge in [0.1, 0.15) is 12.1 Å². The molecule has 31 heavy (non-hydrogen) atoms. The minimum absolute atomic E-state index is 0.148. The molecule has 2 bridgehead atoms. The van der Waals surface area contributed by atoms with Crippen molar-refractivity contribution in [2.24, 2.45) is 0 Å². The van der Waals surface area contributed by atoms with Crippen molar-refractivity contribution in [1.29, 1.82) is 5.26 Å². The van der Waals surface area contributed by atoms with Crippen LogP contribution in [-0.2, 0) is 4.79 Å². The molecule has 0 N–H and O–H groups in total. The molecule has 0 aliphatic carbocycles. The molecule has 156 valence electrons. The molecular weight excluding hydrogens is 484 g/mol.